The summed E-state index contributed by atoms with van der Waals surface area (Å²) in [7, 11) is -4.32. The van der Waals surface area contributed by atoms with Gasteiger partial charge in [0, 0.05) is 11.6 Å². The second-order valence-electron chi connectivity index (χ2n) is 4.84. The number of hydrogen-bond donors (Lipinski definition) is 0. The molecule has 2 aromatic carbocycles. The highest BCUT2D eigenvalue weighted by Crippen LogP contribution is 2.39. The van der Waals surface area contributed by atoms with E-state index in [0.717, 1.165) is 11.3 Å². The smallest absolute Gasteiger partial charge is 0.510 e. The Labute approximate surface area is 147 Å². The van der Waals surface area contributed by atoms with Gasteiger partial charge in [-0.2, -0.15) is 0 Å². The first-order valence-corrected chi connectivity index (χ1v) is 8.01. The minimum Gasteiger partial charge on any atom is -0.510 e. The Morgan fingerprint density at radius 3 is 2.04 bits per heavy atom. The number of benzene rings is 2. The predicted octanol–water partition coefficient (Wildman–Crippen LogP) is 6.13. The van der Waals surface area contributed by atoms with Crippen LogP contribution in [0.25, 0.3) is 10.5 Å². The highest BCUT2D eigenvalue weighted by Gasteiger charge is 2.20. The Kier molecular flexibility index (Phi) is 6.58. The molecule has 132 valence electrons. The van der Waals surface area contributed by atoms with Gasteiger partial charge in [0.1, 0.15) is 10.7 Å². The molecule has 25 heavy (non-hydrogen) atoms. The Bertz CT molecular complexity index is 737. The van der Waals surface area contributed by atoms with E-state index in [4.69, 9.17) is 4.74 Å². The maximum atomic E-state index is 9.75. The first kappa shape index (κ1) is 19.0. The molecule has 0 aliphatic carbocycles. The zero-order chi connectivity index (χ0) is 18.3. The van der Waals surface area contributed by atoms with Crippen molar-refractivity contribution in [2.24, 2.45) is 0 Å². The predicted molar refractivity (Wildman–Crippen MR) is 95.8 cm³/mol. The molecule has 2 nitrogen and oxygen atoms in total. The lowest BCUT2D eigenvalue weighted by Gasteiger charge is -2.12. The monoisotopic (exact) mass is 370 g/mol. The van der Waals surface area contributed by atoms with Crippen molar-refractivity contribution in [3.8, 4) is 5.75 Å². The van der Waals surface area contributed by atoms with Gasteiger partial charge < -0.3 is 26.2 Å². The summed E-state index contributed by atoms with van der Waals surface area (Å²) < 4.78 is 48.5. The second-order valence-corrected chi connectivity index (χ2v) is 5.65. The van der Waals surface area contributed by atoms with Crippen LogP contribution in [0.2, 0.25) is 0 Å². The maximum absolute atomic E-state index is 9.75. The van der Waals surface area contributed by atoms with E-state index in [1.165, 1.54) is 28.1 Å². The van der Waals surface area contributed by atoms with E-state index < -0.39 is 7.25 Å². The number of rotatable bonds is 3. The molecule has 1 aliphatic rings. The zero-order valence-electron chi connectivity index (χ0n) is 13.2. The van der Waals surface area contributed by atoms with Crippen molar-refractivity contribution in [2.75, 3.05) is 7.11 Å². The lowest BCUT2D eigenvalue weighted by molar-refractivity contribution is 0.345. The highest BCUT2D eigenvalue weighted by atomic mass is 32.2. The van der Waals surface area contributed by atoms with Crippen molar-refractivity contribution in [3.63, 3.8) is 0 Å². The van der Waals surface area contributed by atoms with E-state index in [1.54, 1.807) is 7.11 Å². The standard InChI is InChI=1S/C17H14O2S.BF4/c1-18-15-9-7-14(8-10-15)17-16(11-12-19-20-17)13-5-3-2-4-6-13;2-1(3,4)5/h2-12H,1H3;/q;-1/p+1. The first-order valence-electron chi connectivity index (χ1n) is 7.23. The van der Waals surface area contributed by atoms with E-state index in [0.29, 0.717) is 0 Å². The number of ether oxygens (including phenoxy) is 1. The van der Waals surface area contributed by atoms with Crippen molar-refractivity contribution < 1.29 is 26.2 Å². The van der Waals surface area contributed by atoms with E-state index in [2.05, 4.69) is 46.7 Å². The van der Waals surface area contributed by atoms with Crippen LogP contribution < -0.4 is 4.74 Å². The molecule has 1 aliphatic heterocycles. The number of halogens is 4. The lowest BCUT2D eigenvalue weighted by Crippen LogP contribution is -2.02. The van der Waals surface area contributed by atoms with Crippen LogP contribution in [-0.2, 0) is 0 Å². The molecule has 0 unspecified atom stereocenters. The summed E-state index contributed by atoms with van der Waals surface area (Å²) >= 11 is 1.51. The molecule has 8 heteroatoms. The number of aliphatic hydroxyl groups is 1. The molecule has 1 heterocycles. The molecule has 0 bridgehead atoms. The van der Waals surface area contributed by atoms with E-state index in [1.807, 2.05) is 24.5 Å². The summed E-state index contributed by atoms with van der Waals surface area (Å²) in [6.07, 6.45) is 3.91. The summed E-state index contributed by atoms with van der Waals surface area (Å²) in [4.78, 5) is 1.17. The Hall–Kier alpha value is -2.35. The maximum Gasteiger partial charge on any atom is 0.673 e. The quantitative estimate of drug-likeness (QED) is 0.281. The molecule has 3 rings (SSSR count). The minimum absolute atomic E-state index is 0.865. The molecular formula is C17H15BF4O2S. The number of hydrogen-bond acceptors (Lipinski definition) is 2. The molecule has 2 aromatic rings. The van der Waals surface area contributed by atoms with E-state index in [9.17, 15) is 17.3 Å². The SMILES string of the molecule is COc1ccc(C2=C(c3ccccc3)C=C[OH+]S2)cc1.F[B-](F)(F)F. The van der Waals surface area contributed by atoms with Gasteiger partial charge in [-0.15, -0.1) is 0 Å². The van der Waals surface area contributed by atoms with Gasteiger partial charge in [-0.1, -0.05) is 30.3 Å². The van der Waals surface area contributed by atoms with Crippen LogP contribution >= 0.6 is 12.0 Å². The van der Waals surface area contributed by atoms with Crippen LogP contribution in [0, 0.1) is 0 Å². The fourth-order valence-corrected chi connectivity index (χ4v) is 2.86. The fraction of sp³-hybridized carbons (Fsp3) is 0.0588. The molecule has 0 fully saturated rings. The fourth-order valence-electron chi connectivity index (χ4n) is 2.11. The van der Waals surface area contributed by atoms with Crippen LogP contribution in [0.4, 0.5) is 17.3 Å². The van der Waals surface area contributed by atoms with Crippen LogP contribution in [0.1, 0.15) is 11.1 Å². The van der Waals surface area contributed by atoms with Gasteiger partial charge in [0.2, 0.25) is 6.26 Å². The topological polar surface area (TPSA) is 22.0 Å². The molecule has 0 saturated carbocycles. The van der Waals surface area contributed by atoms with Gasteiger partial charge in [-0.3, -0.25) is 0 Å². The Balaban J connectivity index is 0.000000399. The van der Waals surface area contributed by atoms with E-state index in [-0.39, 0.29) is 0 Å². The van der Waals surface area contributed by atoms with Crippen LogP contribution in [0.5, 0.6) is 5.75 Å². The summed E-state index contributed by atoms with van der Waals surface area (Å²) in [5.41, 5.74) is 3.57. The molecule has 0 radical (unpaired) electrons. The lowest BCUT2D eigenvalue weighted by atomic mass is 10.0. The van der Waals surface area contributed by atoms with Crippen molar-refractivity contribution in [1.29, 1.82) is 0 Å². The summed E-state index contributed by atoms with van der Waals surface area (Å²) in [6, 6.07) is 18.5. The molecule has 0 spiro atoms. The Morgan fingerprint density at radius 1 is 0.880 bits per heavy atom. The van der Waals surface area contributed by atoms with Gasteiger partial charge in [0.25, 0.3) is 12.0 Å². The molecular weight excluding hydrogens is 355 g/mol. The summed E-state index contributed by atoms with van der Waals surface area (Å²) in [6.45, 7) is 0. The van der Waals surface area contributed by atoms with E-state index >= 15 is 0 Å². The van der Waals surface area contributed by atoms with Crippen molar-refractivity contribution in [3.05, 3.63) is 78.1 Å². The van der Waals surface area contributed by atoms with Crippen molar-refractivity contribution >= 4 is 29.8 Å². The van der Waals surface area contributed by atoms with Gasteiger partial charge in [-0.25, -0.2) is 0 Å². The molecule has 0 aromatic heterocycles. The Morgan fingerprint density at radius 2 is 1.48 bits per heavy atom. The zero-order valence-corrected chi connectivity index (χ0v) is 14.0. The van der Waals surface area contributed by atoms with Crippen molar-refractivity contribution in [2.45, 2.75) is 0 Å². The van der Waals surface area contributed by atoms with Crippen LogP contribution in [0.15, 0.2) is 66.9 Å². The van der Waals surface area contributed by atoms with Gasteiger partial charge in [-0.05, 0) is 35.4 Å². The summed E-state index contributed by atoms with van der Waals surface area (Å²) in [5, 5.41) is 0. The average molecular weight is 370 g/mol. The average Bonchev–Trinajstić information content (AvgIpc) is 2.61. The van der Waals surface area contributed by atoms with Gasteiger partial charge >= 0.3 is 7.25 Å². The van der Waals surface area contributed by atoms with Gasteiger partial charge in [0.15, 0.2) is 0 Å². The van der Waals surface area contributed by atoms with Crippen molar-refractivity contribution in [1.82, 2.24) is 0 Å². The minimum atomic E-state index is -6.00. The normalized spacial score (nSPS) is 13.6. The number of methoxy groups -OCH3 is 1. The largest absolute Gasteiger partial charge is 0.673 e. The van der Waals surface area contributed by atoms with Crippen LogP contribution in [-0.4, -0.2) is 18.5 Å². The third-order valence-electron chi connectivity index (χ3n) is 3.13. The highest BCUT2D eigenvalue weighted by molar-refractivity contribution is 8.03. The summed E-state index contributed by atoms with van der Waals surface area (Å²) in [5.74, 6) is 0.865. The number of allylic oxidation sites excluding steroid dienone is 2. The molecule has 0 saturated heterocycles. The third kappa shape index (κ3) is 6.23. The van der Waals surface area contributed by atoms with Crippen LogP contribution in [0.3, 0.4) is 0 Å². The molecule has 0 atom stereocenters. The second kappa shape index (κ2) is 8.66. The molecule has 0 amide bonds. The first-order chi connectivity index (χ1) is 11.9. The molecule has 1 N–H and O–H groups in total. The van der Waals surface area contributed by atoms with Gasteiger partial charge in [0.05, 0.1) is 7.11 Å². The third-order valence-corrected chi connectivity index (χ3v) is 3.99.